The van der Waals surface area contributed by atoms with Crippen molar-refractivity contribution in [2.24, 2.45) is 0 Å². The van der Waals surface area contributed by atoms with Crippen LogP contribution in [0.25, 0.3) is 0 Å². The van der Waals surface area contributed by atoms with Crippen molar-refractivity contribution in [3.63, 3.8) is 0 Å². The van der Waals surface area contributed by atoms with Crippen LogP contribution in [0, 0.1) is 29.1 Å². The Bertz CT molecular complexity index is 709. The fraction of sp³-hybridized carbons (Fsp3) is 0. The summed E-state index contributed by atoms with van der Waals surface area (Å²) in [6.07, 6.45) is 1.13. The molecule has 0 aliphatic carbocycles. The van der Waals surface area contributed by atoms with Crippen LogP contribution in [0.5, 0.6) is 0 Å². The maximum atomic E-state index is 13.5. The zero-order chi connectivity index (χ0) is 15.7. The van der Waals surface area contributed by atoms with Crippen LogP contribution in [0.2, 0.25) is 0 Å². The lowest BCUT2D eigenvalue weighted by atomic mass is 10.3. The van der Waals surface area contributed by atoms with E-state index in [1.165, 1.54) is 6.07 Å². The van der Waals surface area contributed by atoms with Gasteiger partial charge in [-0.2, -0.15) is 0 Å². The van der Waals surface area contributed by atoms with Gasteiger partial charge in [0.25, 0.3) is 0 Å². The maximum absolute atomic E-state index is 13.5. The normalized spacial score (nSPS) is 10.7. The quantitative estimate of drug-likeness (QED) is 0.533. The van der Waals surface area contributed by atoms with Crippen LogP contribution in [0.15, 0.2) is 28.3 Å². The Morgan fingerprint density at radius 3 is 2.05 bits per heavy atom. The van der Waals surface area contributed by atoms with E-state index in [1.807, 2.05) is 0 Å². The monoisotopic (exact) mass is 321 g/mol. The molecule has 2 rings (SSSR count). The molecule has 0 bridgehead atoms. The van der Waals surface area contributed by atoms with Gasteiger partial charge in [-0.15, -0.1) is 0 Å². The zero-order valence-corrected chi connectivity index (χ0v) is 10.6. The molecule has 0 atom stereocenters. The van der Waals surface area contributed by atoms with Crippen LogP contribution in [0.3, 0.4) is 0 Å². The van der Waals surface area contributed by atoms with Gasteiger partial charge in [-0.05, 0) is 12.1 Å². The van der Waals surface area contributed by atoms with E-state index in [0.717, 1.165) is 12.3 Å². The van der Waals surface area contributed by atoms with Gasteiger partial charge in [0.1, 0.15) is 5.03 Å². The van der Waals surface area contributed by atoms with E-state index < -0.39 is 50.5 Å². The highest BCUT2D eigenvalue weighted by molar-refractivity contribution is 7.99. The fourth-order valence-electron chi connectivity index (χ4n) is 1.41. The number of carbonyl (C=O) groups is 1. The molecular weight excluding hydrogens is 317 g/mol. The van der Waals surface area contributed by atoms with E-state index in [4.69, 9.17) is 5.11 Å². The van der Waals surface area contributed by atoms with E-state index in [-0.39, 0.29) is 11.8 Å². The number of aromatic carboxylic acids is 1. The van der Waals surface area contributed by atoms with Gasteiger partial charge in [0.15, 0.2) is 23.3 Å². The third kappa shape index (κ3) is 2.68. The number of pyridine rings is 1. The van der Waals surface area contributed by atoms with Crippen molar-refractivity contribution in [2.75, 3.05) is 0 Å². The van der Waals surface area contributed by atoms with Crippen LogP contribution in [0.1, 0.15) is 10.4 Å². The van der Waals surface area contributed by atoms with E-state index in [0.29, 0.717) is 0 Å². The summed E-state index contributed by atoms with van der Waals surface area (Å²) >= 11 is 0.0442. The van der Waals surface area contributed by atoms with E-state index in [9.17, 15) is 26.7 Å². The third-order valence-electron chi connectivity index (χ3n) is 2.37. The van der Waals surface area contributed by atoms with Crippen molar-refractivity contribution in [3.8, 4) is 0 Å². The highest BCUT2D eigenvalue weighted by Crippen LogP contribution is 2.35. The zero-order valence-electron chi connectivity index (χ0n) is 9.83. The summed E-state index contributed by atoms with van der Waals surface area (Å²) in [5, 5.41) is 8.49. The Hall–Kier alpha value is -2.16. The molecule has 0 fully saturated rings. The first-order valence-electron chi connectivity index (χ1n) is 5.22. The van der Waals surface area contributed by atoms with E-state index in [2.05, 4.69) is 4.98 Å². The first-order chi connectivity index (χ1) is 9.84. The highest BCUT2D eigenvalue weighted by atomic mass is 32.2. The Morgan fingerprint density at radius 2 is 1.52 bits per heavy atom. The molecule has 0 amide bonds. The first-order valence-corrected chi connectivity index (χ1v) is 6.03. The van der Waals surface area contributed by atoms with Crippen molar-refractivity contribution in [1.82, 2.24) is 4.98 Å². The first kappa shape index (κ1) is 15.2. The van der Waals surface area contributed by atoms with Crippen LogP contribution in [-0.4, -0.2) is 16.1 Å². The number of halogens is 5. The number of carboxylic acid groups (broad SMARTS) is 1. The lowest BCUT2D eigenvalue weighted by molar-refractivity contribution is 0.0692. The summed E-state index contributed by atoms with van der Waals surface area (Å²) in [7, 11) is 0. The van der Waals surface area contributed by atoms with Gasteiger partial charge in [0, 0.05) is 6.20 Å². The molecule has 2 aromatic rings. The molecule has 1 heterocycles. The van der Waals surface area contributed by atoms with E-state index >= 15 is 0 Å². The lowest BCUT2D eigenvalue weighted by Gasteiger charge is -2.08. The number of hydrogen-bond donors (Lipinski definition) is 1. The molecule has 0 aliphatic rings. The van der Waals surface area contributed by atoms with Crippen LogP contribution in [0.4, 0.5) is 22.0 Å². The molecule has 21 heavy (non-hydrogen) atoms. The Morgan fingerprint density at radius 1 is 1.00 bits per heavy atom. The minimum absolute atomic E-state index is 0.0442. The highest BCUT2D eigenvalue weighted by Gasteiger charge is 2.27. The lowest BCUT2D eigenvalue weighted by Crippen LogP contribution is -2.05. The minimum atomic E-state index is -2.28. The van der Waals surface area contributed by atoms with Gasteiger partial charge in [0.2, 0.25) is 5.82 Å². The van der Waals surface area contributed by atoms with Crippen molar-refractivity contribution in [1.29, 1.82) is 0 Å². The Kier molecular flexibility index (Phi) is 4.12. The summed E-state index contributed by atoms with van der Waals surface area (Å²) in [5.41, 5.74) is -0.425. The molecular formula is C12H4F5NO2S. The number of hydrogen-bond acceptors (Lipinski definition) is 3. The van der Waals surface area contributed by atoms with Crippen LogP contribution in [-0.2, 0) is 0 Å². The number of benzene rings is 1. The topological polar surface area (TPSA) is 50.2 Å². The number of carboxylic acids is 1. The molecule has 0 saturated carbocycles. The summed E-state index contributed by atoms with van der Waals surface area (Å²) in [4.78, 5) is 13.3. The van der Waals surface area contributed by atoms with Gasteiger partial charge in [0.05, 0.1) is 10.5 Å². The Labute approximate surface area is 118 Å². The van der Waals surface area contributed by atoms with Crippen molar-refractivity contribution in [3.05, 3.63) is 53.0 Å². The fourth-order valence-corrected chi connectivity index (χ4v) is 2.34. The van der Waals surface area contributed by atoms with Crippen LogP contribution < -0.4 is 0 Å². The minimum Gasteiger partial charge on any atom is -0.478 e. The molecule has 0 unspecified atom stereocenters. The van der Waals surface area contributed by atoms with Crippen molar-refractivity contribution >= 4 is 17.7 Å². The number of rotatable bonds is 3. The second kappa shape index (κ2) is 5.68. The molecule has 1 N–H and O–H groups in total. The molecule has 0 spiro atoms. The predicted molar refractivity (Wildman–Crippen MR) is 61.6 cm³/mol. The molecule has 0 radical (unpaired) electrons. The van der Waals surface area contributed by atoms with E-state index in [1.54, 1.807) is 0 Å². The predicted octanol–water partition coefficient (Wildman–Crippen LogP) is 3.63. The SMILES string of the molecule is O=C(O)c1cccnc1Sc1c(F)c(F)c(F)c(F)c1F. The summed E-state index contributed by atoms with van der Waals surface area (Å²) in [5.74, 6) is -12.0. The average Bonchev–Trinajstić information content (AvgIpc) is 2.48. The smallest absolute Gasteiger partial charge is 0.338 e. The van der Waals surface area contributed by atoms with Gasteiger partial charge >= 0.3 is 5.97 Å². The van der Waals surface area contributed by atoms with Gasteiger partial charge in [-0.1, -0.05) is 11.8 Å². The molecule has 9 heteroatoms. The largest absolute Gasteiger partial charge is 0.478 e. The molecule has 1 aromatic carbocycles. The molecule has 1 aromatic heterocycles. The van der Waals surface area contributed by atoms with Gasteiger partial charge in [-0.25, -0.2) is 31.7 Å². The van der Waals surface area contributed by atoms with Gasteiger partial charge < -0.3 is 5.11 Å². The summed E-state index contributed by atoms with van der Waals surface area (Å²) < 4.78 is 66.0. The summed E-state index contributed by atoms with van der Waals surface area (Å²) in [6, 6.07) is 2.34. The summed E-state index contributed by atoms with van der Waals surface area (Å²) in [6.45, 7) is 0. The van der Waals surface area contributed by atoms with Gasteiger partial charge in [-0.3, -0.25) is 0 Å². The standard InChI is InChI=1S/C12H4F5NO2S/c13-5-6(14)8(16)10(9(17)7(5)15)21-11-4(12(19)20)2-1-3-18-11/h1-3H,(H,19,20). The average molecular weight is 321 g/mol. The third-order valence-corrected chi connectivity index (χ3v) is 3.45. The Balaban J connectivity index is 2.58. The number of aromatic nitrogens is 1. The molecule has 3 nitrogen and oxygen atoms in total. The molecule has 0 aliphatic heterocycles. The number of nitrogens with zero attached hydrogens (tertiary/aromatic N) is 1. The second-order valence-corrected chi connectivity index (χ2v) is 4.66. The van der Waals surface area contributed by atoms with Crippen molar-refractivity contribution in [2.45, 2.75) is 9.92 Å². The maximum Gasteiger partial charge on any atom is 0.338 e. The second-order valence-electron chi connectivity index (χ2n) is 3.66. The van der Waals surface area contributed by atoms with Crippen molar-refractivity contribution < 1.29 is 31.9 Å². The molecule has 0 saturated heterocycles. The van der Waals surface area contributed by atoms with Crippen LogP contribution >= 0.6 is 11.8 Å². The molecule has 110 valence electrons.